The van der Waals surface area contributed by atoms with E-state index in [1.54, 1.807) is 12.1 Å². The Morgan fingerprint density at radius 2 is 1.75 bits per heavy atom. The third-order valence-corrected chi connectivity index (χ3v) is 2.43. The van der Waals surface area contributed by atoms with Gasteiger partial charge in [-0.3, -0.25) is 4.79 Å². The lowest BCUT2D eigenvalue weighted by molar-refractivity contribution is -0.118. The van der Waals surface area contributed by atoms with Crippen LogP contribution >= 0.6 is 0 Å². The number of hydrogen-bond donors (Lipinski definition) is 2. The highest BCUT2D eigenvalue weighted by Crippen LogP contribution is 2.21. The summed E-state index contributed by atoms with van der Waals surface area (Å²) in [6.45, 7) is 3.97. The highest BCUT2D eigenvalue weighted by Gasteiger charge is 2.00. The fourth-order valence-corrected chi connectivity index (χ4v) is 1.48. The first-order valence-corrected chi connectivity index (χ1v) is 5.35. The smallest absolute Gasteiger partial charge is 0.217 e. The number of unbranched alkanes of at least 4 members (excludes halogenated alkanes) is 1. The molecule has 0 spiro atoms. The molecule has 0 aliphatic rings. The van der Waals surface area contributed by atoms with E-state index in [0.29, 0.717) is 6.42 Å². The monoisotopic (exact) mass is 219 g/mol. The summed E-state index contributed by atoms with van der Waals surface area (Å²) in [6.07, 6.45) is 2.98. The molecular weight excluding hydrogens is 202 g/mol. The van der Waals surface area contributed by atoms with Crippen molar-refractivity contribution in [3.8, 4) is 5.75 Å². The average Bonchev–Trinajstić information content (AvgIpc) is 2.25. The van der Waals surface area contributed by atoms with Gasteiger partial charge in [-0.2, -0.15) is 0 Å². The molecule has 3 N–H and O–H groups in total. The molecule has 1 aromatic rings. The molecule has 0 atom stereocenters. The predicted octanol–water partition coefficient (Wildman–Crippen LogP) is 2.45. The summed E-state index contributed by atoms with van der Waals surface area (Å²) in [5.41, 5.74) is 7.09. The van der Waals surface area contributed by atoms with E-state index in [1.165, 1.54) is 0 Å². The zero-order valence-corrected chi connectivity index (χ0v) is 9.28. The molecule has 0 bridgehead atoms. The molecular formula is C13H17NO2. The van der Waals surface area contributed by atoms with Gasteiger partial charge in [-0.1, -0.05) is 18.7 Å². The molecule has 0 saturated heterocycles. The van der Waals surface area contributed by atoms with E-state index in [9.17, 15) is 4.79 Å². The van der Waals surface area contributed by atoms with Crippen molar-refractivity contribution < 1.29 is 9.90 Å². The van der Waals surface area contributed by atoms with Crippen molar-refractivity contribution in [3.05, 3.63) is 36.4 Å². The minimum Gasteiger partial charge on any atom is -0.508 e. The van der Waals surface area contributed by atoms with Gasteiger partial charge < -0.3 is 10.8 Å². The fourth-order valence-electron chi connectivity index (χ4n) is 1.48. The van der Waals surface area contributed by atoms with Crippen LogP contribution < -0.4 is 5.73 Å². The van der Waals surface area contributed by atoms with Crippen molar-refractivity contribution in [1.29, 1.82) is 0 Å². The summed E-state index contributed by atoms with van der Waals surface area (Å²) in [7, 11) is 0. The van der Waals surface area contributed by atoms with E-state index in [4.69, 9.17) is 10.8 Å². The van der Waals surface area contributed by atoms with Crippen LogP contribution in [0.4, 0.5) is 0 Å². The van der Waals surface area contributed by atoms with Crippen LogP contribution in [0.3, 0.4) is 0 Å². The van der Waals surface area contributed by atoms with Crippen molar-refractivity contribution in [3.63, 3.8) is 0 Å². The van der Waals surface area contributed by atoms with Crippen molar-refractivity contribution in [1.82, 2.24) is 0 Å². The highest BCUT2D eigenvalue weighted by atomic mass is 16.3. The summed E-state index contributed by atoms with van der Waals surface area (Å²) in [5, 5.41) is 9.13. The zero-order chi connectivity index (χ0) is 12.0. The molecule has 0 aliphatic carbocycles. The molecule has 0 fully saturated rings. The quantitative estimate of drug-likeness (QED) is 0.722. The van der Waals surface area contributed by atoms with Crippen molar-refractivity contribution in [2.75, 3.05) is 0 Å². The Morgan fingerprint density at radius 3 is 2.31 bits per heavy atom. The number of phenolic OH excluding ortho intramolecular Hbond substituents is 1. The van der Waals surface area contributed by atoms with Crippen molar-refractivity contribution in [2.45, 2.75) is 25.7 Å². The standard InChI is InChI=1S/C13H17NO2/c1-10(4-2-3-5-13(14)16)11-6-8-12(15)9-7-11/h6-9,15H,1-5H2,(H2,14,16). The largest absolute Gasteiger partial charge is 0.508 e. The van der Waals surface area contributed by atoms with E-state index in [2.05, 4.69) is 6.58 Å². The molecule has 1 amide bonds. The van der Waals surface area contributed by atoms with Crippen molar-refractivity contribution in [2.24, 2.45) is 5.73 Å². The van der Waals surface area contributed by atoms with Gasteiger partial charge in [-0.15, -0.1) is 0 Å². The maximum Gasteiger partial charge on any atom is 0.217 e. The summed E-state index contributed by atoms with van der Waals surface area (Å²) in [6, 6.07) is 6.96. The average molecular weight is 219 g/mol. The Hall–Kier alpha value is -1.77. The van der Waals surface area contributed by atoms with Crippen molar-refractivity contribution >= 4 is 11.5 Å². The SMILES string of the molecule is C=C(CCCCC(N)=O)c1ccc(O)cc1. The number of hydrogen-bond acceptors (Lipinski definition) is 2. The predicted molar refractivity (Wildman–Crippen MR) is 64.8 cm³/mol. The van der Waals surface area contributed by atoms with Gasteiger partial charge in [0.1, 0.15) is 5.75 Å². The fraction of sp³-hybridized carbons (Fsp3) is 0.308. The van der Waals surface area contributed by atoms with Gasteiger partial charge >= 0.3 is 0 Å². The van der Waals surface area contributed by atoms with E-state index in [1.807, 2.05) is 12.1 Å². The molecule has 0 unspecified atom stereocenters. The normalized spacial score (nSPS) is 10.0. The van der Waals surface area contributed by atoms with E-state index in [0.717, 1.165) is 30.4 Å². The van der Waals surface area contributed by atoms with Crippen LogP contribution in [0, 0.1) is 0 Å². The van der Waals surface area contributed by atoms with Gasteiger partial charge in [0.05, 0.1) is 0 Å². The highest BCUT2D eigenvalue weighted by molar-refractivity contribution is 5.73. The molecule has 0 radical (unpaired) electrons. The second-order valence-electron chi connectivity index (χ2n) is 3.82. The second-order valence-corrected chi connectivity index (χ2v) is 3.82. The first-order valence-electron chi connectivity index (χ1n) is 5.35. The number of nitrogens with two attached hydrogens (primary N) is 1. The summed E-state index contributed by atoms with van der Waals surface area (Å²) in [4.78, 5) is 10.5. The molecule has 1 rings (SSSR count). The van der Waals surface area contributed by atoms with Gasteiger partial charge in [0.15, 0.2) is 0 Å². The molecule has 1 aromatic carbocycles. The van der Waals surface area contributed by atoms with Gasteiger partial charge in [0, 0.05) is 6.42 Å². The van der Waals surface area contributed by atoms with Gasteiger partial charge in [0.25, 0.3) is 0 Å². The molecule has 3 heteroatoms. The number of allylic oxidation sites excluding steroid dienone is 1. The lowest BCUT2D eigenvalue weighted by atomic mass is 10.0. The number of phenols is 1. The van der Waals surface area contributed by atoms with Crippen LogP contribution in [-0.4, -0.2) is 11.0 Å². The topological polar surface area (TPSA) is 63.3 Å². The lowest BCUT2D eigenvalue weighted by Crippen LogP contribution is -2.09. The van der Waals surface area contributed by atoms with Gasteiger partial charge in [0.2, 0.25) is 5.91 Å². The van der Waals surface area contributed by atoms with Crippen LogP contribution in [0.2, 0.25) is 0 Å². The van der Waals surface area contributed by atoms with E-state index < -0.39 is 0 Å². The molecule has 86 valence electrons. The van der Waals surface area contributed by atoms with E-state index in [-0.39, 0.29) is 11.7 Å². The third kappa shape index (κ3) is 4.17. The first kappa shape index (κ1) is 12.3. The summed E-state index contributed by atoms with van der Waals surface area (Å²) < 4.78 is 0. The number of carbonyl (C=O) groups is 1. The number of amides is 1. The minimum absolute atomic E-state index is 0.254. The Morgan fingerprint density at radius 1 is 1.19 bits per heavy atom. The van der Waals surface area contributed by atoms with Crippen LogP contribution in [0.25, 0.3) is 5.57 Å². The minimum atomic E-state index is -0.254. The Balaban J connectivity index is 2.35. The van der Waals surface area contributed by atoms with Crippen LogP contribution in [0.15, 0.2) is 30.8 Å². The number of rotatable bonds is 6. The molecule has 0 aromatic heterocycles. The van der Waals surface area contributed by atoms with Crippen LogP contribution in [0.5, 0.6) is 5.75 Å². The maximum absolute atomic E-state index is 10.5. The van der Waals surface area contributed by atoms with Crippen LogP contribution in [-0.2, 0) is 4.79 Å². The maximum atomic E-state index is 10.5. The molecule has 0 aliphatic heterocycles. The molecule has 16 heavy (non-hydrogen) atoms. The zero-order valence-electron chi connectivity index (χ0n) is 9.28. The van der Waals surface area contributed by atoms with Gasteiger partial charge in [-0.05, 0) is 42.5 Å². The third-order valence-electron chi connectivity index (χ3n) is 2.43. The number of benzene rings is 1. The van der Waals surface area contributed by atoms with E-state index >= 15 is 0 Å². The Kier molecular flexibility index (Phi) is 4.58. The summed E-state index contributed by atoms with van der Waals surface area (Å²) >= 11 is 0. The number of aromatic hydroxyl groups is 1. The first-order chi connectivity index (χ1) is 7.59. The number of primary amides is 1. The molecule has 0 saturated carbocycles. The number of carbonyl (C=O) groups excluding carboxylic acids is 1. The summed E-state index contributed by atoms with van der Waals surface area (Å²) in [5.74, 6) is 0.000485. The van der Waals surface area contributed by atoms with Gasteiger partial charge in [-0.25, -0.2) is 0 Å². The Labute approximate surface area is 95.6 Å². The lowest BCUT2D eigenvalue weighted by Gasteiger charge is -2.05. The Bertz CT molecular complexity index is 368. The van der Waals surface area contributed by atoms with Crippen LogP contribution in [0.1, 0.15) is 31.2 Å². The second kappa shape index (κ2) is 5.95. The molecule has 3 nitrogen and oxygen atoms in total. The molecule has 0 heterocycles.